The van der Waals surface area contributed by atoms with Gasteiger partial charge in [-0.25, -0.2) is 0 Å². The molecule has 0 aliphatic rings. The van der Waals surface area contributed by atoms with Gasteiger partial charge in [-0.05, 0) is 23.7 Å². The van der Waals surface area contributed by atoms with Crippen molar-refractivity contribution in [1.82, 2.24) is 0 Å². The first-order valence-corrected chi connectivity index (χ1v) is 8.40. The average molecular weight is 255 g/mol. The van der Waals surface area contributed by atoms with E-state index in [0.29, 0.717) is 5.41 Å². The summed E-state index contributed by atoms with van der Waals surface area (Å²) in [6.07, 6.45) is 12.7. The Kier molecular flexibility index (Phi) is 9.87. The van der Waals surface area contributed by atoms with Crippen LogP contribution < -0.4 is 0 Å². The molecule has 0 nitrogen and oxygen atoms in total. The lowest BCUT2D eigenvalue weighted by molar-refractivity contribution is 0.188. The van der Waals surface area contributed by atoms with Gasteiger partial charge < -0.3 is 0 Å². The number of unbranched alkanes of at least 4 members (excludes halogenated alkanes) is 4. The Balaban J connectivity index is 3.74. The summed E-state index contributed by atoms with van der Waals surface area (Å²) < 4.78 is 0. The van der Waals surface area contributed by atoms with E-state index >= 15 is 0 Å². The molecule has 110 valence electrons. The molecular formula is C18H38. The third kappa shape index (κ3) is 9.00. The summed E-state index contributed by atoms with van der Waals surface area (Å²) in [5.74, 6) is 1.75. The van der Waals surface area contributed by atoms with E-state index in [4.69, 9.17) is 0 Å². The van der Waals surface area contributed by atoms with Crippen LogP contribution in [0.3, 0.4) is 0 Å². The summed E-state index contributed by atoms with van der Waals surface area (Å²) in [7, 11) is 0. The minimum Gasteiger partial charge on any atom is -0.0654 e. The molecule has 0 aliphatic heterocycles. The summed E-state index contributed by atoms with van der Waals surface area (Å²) >= 11 is 0. The zero-order valence-corrected chi connectivity index (χ0v) is 14.0. The molecule has 0 fully saturated rings. The van der Waals surface area contributed by atoms with Gasteiger partial charge in [-0.3, -0.25) is 0 Å². The molecule has 18 heavy (non-hydrogen) atoms. The Hall–Kier alpha value is 0. The first-order chi connectivity index (χ1) is 8.40. The third-order valence-corrected chi connectivity index (χ3v) is 4.68. The van der Waals surface area contributed by atoms with E-state index < -0.39 is 0 Å². The Morgan fingerprint density at radius 3 is 1.94 bits per heavy atom. The predicted octanol–water partition coefficient (Wildman–Crippen LogP) is 6.84. The fourth-order valence-corrected chi connectivity index (χ4v) is 2.65. The van der Waals surface area contributed by atoms with Crippen molar-refractivity contribution >= 4 is 0 Å². The Labute approximate surface area is 117 Å². The van der Waals surface area contributed by atoms with Gasteiger partial charge in [0.05, 0.1) is 0 Å². The number of hydrogen-bond acceptors (Lipinski definition) is 0. The minimum atomic E-state index is 0.545. The highest BCUT2D eigenvalue weighted by atomic mass is 14.3. The van der Waals surface area contributed by atoms with Crippen molar-refractivity contribution in [2.75, 3.05) is 0 Å². The van der Waals surface area contributed by atoms with Gasteiger partial charge in [-0.1, -0.05) is 92.9 Å². The maximum atomic E-state index is 2.48. The average Bonchev–Trinajstić information content (AvgIpc) is 2.28. The maximum Gasteiger partial charge on any atom is -0.0329 e. The normalized spacial score (nSPS) is 14.2. The van der Waals surface area contributed by atoms with E-state index in [1.54, 1.807) is 0 Å². The van der Waals surface area contributed by atoms with Crippen molar-refractivity contribution in [2.45, 2.75) is 99.3 Å². The highest BCUT2D eigenvalue weighted by Gasteiger charge is 2.24. The molecule has 0 rings (SSSR count). The van der Waals surface area contributed by atoms with Gasteiger partial charge in [0.1, 0.15) is 0 Å². The minimum absolute atomic E-state index is 0.545. The van der Waals surface area contributed by atoms with E-state index in [-0.39, 0.29) is 0 Å². The van der Waals surface area contributed by atoms with Gasteiger partial charge in [0.25, 0.3) is 0 Å². The highest BCUT2D eigenvalue weighted by molar-refractivity contribution is 4.75. The molecule has 0 bridgehead atoms. The van der Waals surface area contributed by atoms with Crippen molar-refractivity contribution in [3.05, 3.63) is 0 Å². The van der Waals surface area contributed by atoms with E-state index in [1.165, 1.54) is 57.8 Å². The lowest BCUT2D eigenvalue weighted by Gasteiger charge is -2.32. The molecule has 0 aromatic heterocycles. The van der Waals surface area contributed by atoms with E-state index in [2.05, 4.69) is 41.5 Å². The zero-order chi connectivity index (χ0) is 14.0. The molecule has 0 aromatic carbocycles. The van der Waals surface area contributed by atoms with Crippen LogP contribution in [0.2, 0.25) is 0 Å². The van der Waals surface area contributed by atoms with Crippen molar-refractivity contribution in [1.29, 1.82) is 0 Å². The van der Waals surface area contributed by atoms with Gasteiger partial charge >= 0.3 is 0 Å². The van der Waals surface area contributed by atoms with E-state index in [0.717, 1.165) is 11.8 Å². The summed E-state index contributed by atoms with van der Waals surface area (Å²) in [6, 6.07) is 0. The van der Waals surface area contributed by atoms with Gasteiger partial charge in [-0.15, -0.1) is 0 Å². The van der Waals surface area contributed by atoms with Crippen LogP contribution in [0.15, 0.2) is 0 Å². The van der Waals surface area contributed by atoms with Crippen LogP contribution >= 0.6 is 0 Å². The highest BCUT2D eigenvalue weighted by Crippen LogP contribution is 2.36. The van der Waals surface area contributed by atoms with Crippen LogP contribution in [0.1, 0.15) is 99.3 Å². The summed E-state index contributed by atoms with van der Waals surface area (Å²) in [5, 5.41) is 0. The lowest BCUT2D eigenvalue weighted by atomic mass is 9.73. The van der Waals surface area contributed by atoms with Crippen LogP contribution in [0.4, 0.5) is 0 Å². The SMILES string of the molecule is CCCCCCCC(C)(C)C(C)CCCC(C)C. The largest absolute Gasteiger partial charge is 0.0654 e. The standard InChI is InChI=1S/C18H38/c1-7-8-9-10-11-15-18(5,6)17(4)14-12-13-16(2)3/h16-17H,7-15H2,1-6H3. The van der Waals surface area contributed by atoms with Crippen molar-refractivity contribution in [3.63, 3.8) is 0 Å². The molecule has 0 aliphatic carbocycles. The van der Waals surface area contributed by atoms with Crippen molar-refractivity contribution in [2.24, 2.45) is 17.3 Å². The molecule has 0 heteroatoms. The van der Waals surface area contributed by atoms with Gasteiger partial charge in [0.15, 0.2) is 0 Å². The van der Waals surface area contributed by atoms with Gasteiger partial charge in [-0.2, -0.15) is 0 Å². The first kappa shape index (κ1) is 18.0. The Morgan fingerprint density at radius 1 is 0.778 bits per heavy atom. The van der Waals surface area contributed by atoms with Crippen LogP contribution in [-0.4, -0.2) is 0 Å². The second-order valence-electron chi connectivity index (χ2n) is 7.38. The zero-order valence-electron chi connectivity index (χ0n) is 14.0. The van der Waals surface area contributed by atoms with Crippen LogP contribution in [-0.2, 0) is 0 Å². The van der Waals surface area contributed by atoms with Crippen LogP contribution in [0.25, 0.3) is 0 Å². The van der Waals surface area contributed by atoms with E-state index in [1.807, 2.05) is 0 Å². The second-order valence-corrected chi connectivity index (χ2v) is 7.38. The molecule has 1 atom stereocenters. The summed E-state index contributed by atoms with van der Waals surface area (Å²) in [4.78, 5) is 0. The lowest BCUT2D eigenvalue weighted by Crippen LogP contribution is -2.21. The topological polar surface area (TPSA) is 0 Å². The molecular weight excluding hydrogens is 216 g/mol. The molecule has 0 saturated carbocycles. The summed E-state index contributed by atoms with van der Waals surface area (Å²) in [6.45, 7) is 14.4. The quantitative estimate of drug-likeness (QED) is 0.354. The van der Waals surface area contributed by atoms with Gasteiger partial charge in [0.2, 0.25) is 0 Å². The molecule has 0 aromatic rings. The predicted molar refractivity (Wildman–Crippen MR) is 85.0 cm³/mol. The molecule has 0 heterocycles. The third-order valence-electron chi connectivity index (χ3n) is 4.68. The monoisotopic (exact) mass is 254 g/mol. The van der Waals surface area contributed by atoms with Gasteiger partial charge in [0, 0.05) is 0 Å². The molecule has 0 spiro atoms. The summed E-state index contributed by atoms with van der Waals surface area (Å²) in [5.41, 5.74) is 0.545. The smallest absolute Gasteiger partial charge is 0.0329 e. The number of rotatable bonds is 11. The molecule has 0 N–H and O–H groups in total. The Bertz CT molecular complexity index is 178. The fraction of sp³-hybridized carbons (Fsp3) is 1.00. The van der Waals surface area contributed by atoms with Crippen LogP contribution in [0, 0.1) is 17.3 Å². The second kappa shape index (κ2) is 9.87. The molecule has 1 unspecified atom stereocenters. The Morgan fingerprint density at radius 2 is 1.39 bits per heavy atom. The molecule has 0 radical (unpaired) electrons. The number of hydrogen-bond donors (Lipinski definition) is 0. The first-order valence-electron chi connectivity index (χ1n) is 8.40. The maximum absolute atomic E-state index is 2.48. The van der Waals surface area contributed by atoms with Crippen LogP contribution in [0.5, 0.6) is 0 Å². The van der Waals surface area contributed by atoms with Crippen molar-refractivity contribution < 1.29 is 0 Å². The fourth-order valence-electron chi connectivity index (χ4n) is 2.65. The van der Waals surface area contributed by atoms with Crippen molar-refractivity contribution in [3.8, 4) is 0 Å². The molecule has 0 amide bonds. The molecule has 0 saturated heterocycles. The van der Waals surface area contributed by atoms with E-state index in [9.17, 15) is 0 Å².